The maximum Gasteiger partial charge on any atom is 0.243 e. The molecule has 1 aromatic heterocycles. The minimum atomic E-state index is 0.0663. The van der Waals surface area contributed by atoms with Gasteiger partial charge in [-0.25, -0.2) is 4.98 Å². The lowest BCUT2D eigenvalue weighted by Gasteiger charge is -2.59. The Hall–Kier alpha value is -2.17. The van der Waals surface area contributed by atoms with Crippen LogP contribution in [0.4, 0.5) is 5.82 Å². The van der Waals surface area contributed by atoms with E-state index < -0.39 is 0 Å². The Morgan fingerprint density at radius 2 is 2.00 bits per heavy atom. The molecule has 2 N–H and O–H groups in total. The minimum absolute atomic E-state index is 0.0663. The highest BCUT2D eigenvalue weighted by molar-refractivity contribution is 5.90. The zero-order chi connectivity index (χ0) is 21.8. The zero-order valence-corrected chi connectivity index (χ0v) is 19.0. The topological polar surface area (TPSA) is 71.1 Å². The second-order valence-electron chi connectivity index (χ2n) is 11.0. The number of rotatable bonds is 3. The van der Waals surface area contributed by atoms with E-state index >= 15 is 0 Å². The molecule has 0 spiro atoms. The van der Waals surface area contributed by atoms with Crippen LogP contribution >= 0.6 is 0 Å². The smallest absolute Gasteiger partial charge is 0.243 e. The average Bonchev–Trinajstić information content (AvgIpc) is 3.06. The van der Waals surface area contributed by atoms with E-state index in [1.165, 1.54) is 25.7 Å². The van der Waals surface area contributed by atoms with Crippen molar-refractivity contribution in [1.82, 2.24) is 10.3 Å². The van der Waals surface area contributed by atoms with Gasteiger partial charge in [-0.15, -0.1) is 0 Å². The molecule has 3 aliphatic carbocycles. The molecule has 5 heteroatoms. The van der Waals surface area contributed by atoms with Gasteiger partial charge in [-0.3, -0.25) is 9.59 Å². The van der Waals surface area contributed by atoms with Crippen molar-refractivity contribution in [3.63, 3.8) is 0 Å². The zero-order valence-electron chi connectivity index (χ0n) is 19.0. The lowest BCUT2D eigenvalue weighted by Crippen LogP contribution is -2.59. The van der Waals surface area contributed by atoms with Gasteiger partial charge in [0.15, 0.2) is 0 Å². The molecule has 5 rings (SSSR count). The number of nitrogens with one attached hydrogen (secondary N) is 2. The van der Waals surface area contributed by atoms with Gasteiger partial charge >= 0.3 is 0 Å². The molecule has 0 bridgehead atoms. The molecule has 166 valence electrons. The van der Waals surface area contributed by atoms with Crippen LogP contribution in [0.15, 0.2) is 30.5 Å². The molecule has 2 heterocycles. The third kappa shape index (κ3) is 3.41. The van der Waals surface area contributed by atoms with E-state index in [4.69, 9.17) is 0 Å². The van der Waals surface area contributed by atoms with Gasteiger partial charge in [-0.2, -0.15) is 0 Å². The molecule has 0 unspecified atom stereocenters. The molecule has 7 atom stereocenters. The van der Waals surface area contributed by atoms with Crippen LogP contribution in [0.2, 0.25) is 0 Å². The van der Waals surface area contributed by atoms with Gasteiger partial charge < -0.3 is 10.6 Å². The number of carbonyl (C=O) groups excluding carboxylic acids is 2. The Bertz CT molecular complexity index is 910. The molecule has 31 heavy (non-hydrogen) atoms. The molecule has 0 aromatic carbocycles. The molecule has 5 nitrogen and oxygen atoms in total. The number of hydrogen-bond acceptors (Lipinski definition) is 3. The highest BCUT2D eigenvalue weighted by Crippen LogP contribution is 2.65. The summed E-state index contributed by atoms with van der Waals surface area (Å²) in [5, 5.41) is 6.25. The summed E-state index contributed by atoms with van der Waals surface area (Å²) < 4.78 is 0. The van der Waals surface area contributed by atoms with Gasteiger partial charge in [0, 0.05) is 24.1 Å². The maximum absolute atomic E-state index is 12.8. The van der Waals surface area contributed by atoms with Gasteiger partial charge in [0.25, 0.3) is 0 Å². The number of nitrogens with zero attached hydrogens (tertiary/aromatic N) is 1. The molecule has 1 aromatic rings. The summed E-state index contributed by atoms with van der Waals surface area (Å²) in [6, 6.07) is 4.14. The van der Waals surface area contributed by atoms with E-state index in [2.05, 4.69) is 35.5 Å². The molecule has 3 fully saturated rings. The summed E-state index contributed by atoms with van der Waals surface area (Å²) in [4.78, 5) is 29.1. The number of fused-ring (bicyclic) bond motifs is 5. The van der Waals surface area contributed by atoms with Crippen molar-refractivity contribution >= 4 is 17.6 Å². The normalized spacial score (nSPS) is 41.0. The van der Waals surface area contributed by atoms with Crippen molar-refractivity contribution in [2.45, 2.75) is 71.8 Å². The fourth-order valence-electron chi connectivity index (χ4n) is 7.74. The van der Waals surface area contributed by atoms with E-state index in [0.29, 0.717) is 35.9 Å². The van der Waals surface area contributed by atoms with Crippen LogP contribution in [0, 0.1) is 41.4 Å². The third-order valence-electron chi connectivity index (χ3n) is 9.49. The SMILES string of the molecule is Cc1ccc(NC(=O)C[C@H]2CC[C@H]3[C@@H]4CC[C@H]5NC(=O)C=C[C@]5(C)[C@H]4CC[C@]23C)nc1. The predicted octanol–water partition coefficient (Wildman–Crippen LogP) is 4.63. The number of aryl methyl sites for hydroxylation is 1. The summed E-state index contributed by atoms with van der Waals surface area (Å²) in [6.07, 6.45) is 13.4. The Morgan fingerprint density at radius 1 is 1.16 bits per heavy atom. The lowest BCUT2D eigenvalue weighted by molar-refractivity contribution is -0.123. The number of hydrogen-bond donors (Lipinski definition) is 2. The van der Waals surface area contributed by atoms with Crippen molar-refractivity contribution in [1.29, 1.82) is 0 Å². The highest BCUT2D eigenvalue weighted by atomic mass is 16.2. The van der Waals surface area contributed by atoms with Crippen LogP contribution < -0.4 is 10.6 Å². The molecular formula is C26H35N3O2. The van der Waals surface area contributed by atoms with Crippen molar-refractivity contribution < 1.29 is 9.59 Å². The van der Waals surface area contributed by atoms with Crippen molar-refractivity contribution in [2.75, 3.05) is 5.32 Å². The van der Waals surface area contributed by atoms with Crippen molar-refractivity contribution in [3.8, 4) is 0 Å². The van der Waals surface area contributed by atoms with Crippen LogP contribution in [0.5, 0.6) is 0 Å². The van der Waals surface area contributed by atoms with Crippen molar-refractivity contribution in [2.24, 2.45) is 34.5 Å². The molecular weight excluding hydrogens is 386 g/mol. The highest BCUT2D eigenvalue weighted by Gasteiger charge is 2.59. The molecule has 0 radical (unpaired) electrons. The molecule has 3 saturated carbocycles. The van der Waals surface area contributed by atoms with Gasteiger partial charge in [-0.1, -0.05) is 26.0 Å². The third-order valence-corrected chi connectivity index (χ3v) is 9.49. The standard InChI is InChI=1S/C26H35N3O2/c1-16-4-9-22(27-15-16)29-24(31)14-17-5-7-19-18-6-8-21-26(3,13-11-23(30)28-21)20(18)10-12-25(17,19)2/h4,9,11,13,15,17-21H,5-8,10,12,14H2,1-3H3,(H,28,30)(H,27,29,31)/t17-,18+,19+,20+,21-,25-,26-/m1/s1. The van der Waals surface area contributed by atoms with E-state index in [-0.39, 0.29) is 28.7 Å². The van der Waals surface area contributed by atoms with Gasteiger partial charge in [0.2, 0.25) is 11.8 Å². The number of amides is 2. The number of carbonyl (C=O) groups is 2. The first kappa shape index (κ1) is 20.7. The first-order valence-corrected chi connectivity index (χ1v) is 12.0. The first-order chi connectivity index (χ1) is 14.8. The number of pyridine rings is 1. The second kappa shape index (κ2) is 7.46. The number of anilines is 1. The molecule has 0 saturated heterocycles. The van der Waals surface area contributed by atoms with Gasteiger partial charge in [0.1, 0.15) is 5.82 Å². The van der Waals surface area contributed by atoms with Gasteiger partial charge in [-0.05, 0) is 92.2 Å². The Morgan fingerprint density at radius 3 is 2.77 bits per heavy atom. The summed E-state index contributed by atoms with van der Waals surface area (Å²) in [7, 11) is 0. The maximum atomic E-state index is 12.8. The summed E-state index contributed by atoms with van der Waals surface area (Å²) in [5.74, 6) is 3.27. The van der Waals surface area contributed by atoms with Crippen LogP contribution in [-0.2, 0) is 9.59 Å². The van der Waals surface area contributed by atoms with Crippen molar-refractivity contribution in [3.05, 3.63) is 36.0 Å². The van der Waals surface area contributed by atoms with E-state index in [1.807, 2.05) is 19.1 Å². The lowest BCUT2D eigenvalue weighted by atomic mass is 9.48. The second-order valence-corrected chi connectivity index (χ2v) is 11.0. The summed E-state index contributed by atoms with van der Waals surface area (Å²) in [6.45, 7) is 6.82. The Kier molecular flexibility index (Phi) is 4.98. The van der Waals surface area contributed by atoms with Crippen LogP contribution in [0.1, 0.15) is 64.4 Å². The van der Waals surface area contributed by atoms with Crippen LogP contribution in [-0.4, -0.2) is 22.8 Å². The fourth-order valence-corrected chi connectivity index (χ4v) is 7.74. The monoisotopic (exact) mass is 421 g/mol. The molecule has 1 aliphatic heterocycles. The first-order valence-electron chi connectivity index (χ1n) is 12.0. The fraction of sp³-hybridized carbons (Fsp3) is 0.654. The summed E-state index contributed by atoms with van der Waals surface area (Å²) >= 11 is 0. The van der Waals surface area contributed by atoms with Crippen LogP contribution in [0.25, 0.3) is 0 Å². The number of aromatic nitrogens is 1. The molecule has 4 aliphatic rings. The average molecular weight is 422 g/mol. The van der Waals surface area contributed by atoms with Crippen LogP contribution in [0.3, 0.4) is 0 Å². The largest absolute Gasteiger partial charge is 0.349 e. The Labute approximate surface area is 185 Å². The van der Waals surface area contributed by atoms with E-state index in [0.717, 1.165) is 18.4 Å². The van der Waals surface area contributed by atoms with E-state index in [1.54, 1.807) is 12.3 Å². The Balaban J connectivity index is 1.30. The summed E-state index contributed by atoms with van der Waals surface area (Å²) in [5.41, 5.74) is 1.41. The quantitative estimate of drug-likeness (QED) is 0.747. The molecule has 2 amide bonds. The predicted molar refractivity (Wildman–Crippen MR) is 121 cm³/mol. The van der Waals surface area contributed by atoms with Gasteiger partial charge in [0.05, 0.1) is 0 Å². The van der Waals surface area contributed by atoms with E-state index in [9.17, 15) is 9.59 Å². The minimum Gasteiger partial charge on any atom is -0.349 e.